The van der Waals surface area contributed by atoms with Crippen molar-refractivity contribution in [3.05, 3.63) is 48.3 Å². The van der Waals surface area contributed by atoms with Gasteiger partial charge in [-0.15, -0.1) is 0 Å². The highest BCUT2D eigenvalue weighted by molar-refractivity contribution is 5.30. The molecule has 1 saturated carbocycles. The summed E-state index contributed by atoms with van der Waals surface area (Å²) >= 11 is 0. The third kappa shape index (κ3) is 3.08. The zero-order chi connectivity index (χ0) is 13.8. The van der Waals surface area contributed by atoms with Crippen LogP contribution in [0.1, 0.15) is 25.3 Å². The Balaban J connectivity index is 1.49. The molecule has 0 bridgehead atoms. The molecule has 0 spiro atoms. The third-order valence-corrected chi connectivity index (χ3v) is 3.75. The molecule has 1 aliphatic carbocycles. The van der Waals surface area contributed by atoms with E-state index < -0.39 is 0 Å². The van der Waals surface area contributed by atoms with E-state index in [1.807, 2.05) is 29.1 Å². The monoisotopic (exact) mass is 271 g/mol. The maximum absolute atomic E-state index is 5.57. The molecule has 1 aromatic carbocycles. The van der Waals surface area contributed by atoms with E-state index in [0.717, 1.165) is 31.7 Å². The van der Waals surface area contributed by atoms with Crippen molar-refractivity contribution in [3.8, 4) is 5.69 Å². The van der Waals surface area contributed by atoms with Crippen molar-refractivity contribution >= 4 is 0 Å². The average Bonchev–Trinajstić information content (AvgIpc) is 2.91. The molecule has 0 aliphatic heterocycles. The third-order valence-electron chi connectivity index (χ3n) is 3.75. The second kappa shape index (κ2) is 6.20. The van der Waals surface area contributed by atoms with Crippen LogP contribution in [0.2, 0.25) is 0 Å². The van der Waals surface area contributed by atoms with Crippen LogP contribution < -0.4 is 5.32 Å². The summed E-state index contributed by atoms with van der Waals surface area (Å²) < 4.78 is 7.48. The van der Waals surface area contributed by atoms with Gasteiger partial charge in [0.25, 0.3) is 0 Å². The Labute approximate surface area is 119 Å². The Morgan fingerprint density at radius 3 is 2.85 bits per heavy atom. The Bertz CT molecular complexity index is 532. The van der Waals surface area contributed by atoms with E-state index in [2.05, 4.69) is 35.7 Å². The van der Waals surface area contributed by atoms with Crippen LogP contribution in [0.5, 0.6) is 0 Å². The Morgan fingerprint density at radius 2 is 2.10 bits per heavy atom. The molecule has 4 nitrogen and oxygen atoms in total. The van der Waals surface area contributed by atoms with Gasteiger partial charge in [-0.25, -0.2) is 4.68 Å². The first-order valence-corrected chi connectivity index (χ1v) is 7.29. The second-order valence-corrected chi connectivity index (χ2v) is 5.26. The number of nitrogens with one attached hydrogen (secondary N) is 1. The molecule has 1 aromatic heterocycles. The molecule has 0 radical (unpaired) electrons. The maximum atomic E-state index is 5.57. The number of benzene rings is 1. The largest absolute Gasteiger partial charge is 0.378 e. The molecule has 4 heteroatoms. The van der Waals surface area contributed by atoms with Crippen molar-refractivity contribution in [3.63, 3.8) is 0 Å². The minimum Gasteiger partial charge on any atom is -0.378 e. The molecule has 2 aromatic rings. The maximum Gasteiger partial charge on any atom is 0.0645 e. The predicted octanol–water partition coefficient (Wildman–Crippen LogP) is 2.53. The van der Waals surface area contributed by atoms with Crippen molar-refractivity contribution in [2.24, 2.45) is 0 Å². The second-order valence-electron chi connectivity index (χ2n) is 5.26. The molecule has 1 aliphatic rings. The van der Waals surface area contributed by atoms with Gasteiger partial charge in [0, 0.05) is 31.0 Å². The lowest BCUT2D eigenvalue weighted by atomic mass is 9.89. The van der Waals surface area contributed by atoms with Crippen LogP contribution in [-0.2, 0) is 11.3 Å². The van der Waals surface area contributed by atoms with E-state index in [1.165, 1.54) is 5.56 Å². The van der Waals surface area contributed by atoms with E-state index in [0.29, 0.717) is 12.1 Å². The van der Waals surface area contributed by atoms with Crippen LogP contribution >= 0.6 is 0 Å². The molecular formula is C16H21N3O. The molecule has 1 N–H and O–H groups in total. The van der Waals surface area contributed by atoms with Crippen LogP contribution in [0, 0.1) is 0 Å². The first-order chi connectivity index (χ1) is 9.85. The summed E-state index contributed by atoms with van der Waals surface area (Å²) in [7, 11) is 0. The lowest BCUT2D eigenvalue weighted by molar-refractivity contribution is -0.0102. The zero-order valence-corrected chi connectivity index (χ0v) is 11.8. The summed E-state index contributed by atoms with van der Waals surface area (Å²) in [6.45, 7) is 3.75. The summed E-state index contributed by atoms with van der Waals surface area (Å²) in [4.78, 5) is 0. The fraction of sp³-hybridized carbons (Fsp3) is 0.438. The highest BCUT2D eigenvalue weighted by Crippen LogP contribution is 2.23. The number of ether oxygens (including phenoxy) is 1. The van der Waals surface area contributed by atoms with E-state index in [1.54, 1.807) is 0 Å². The van der Waals surface area contributed by atoms with Gasteiger partial charge in [0.2, 0.25) is 0 Å². The molecule has 1 heterocycles. The zero-order valence-electron chi connectivity index (χ0n) is 11.8. The highest BCUT2D eigenvalue weighted by Gasteiger charge is 2.28. The lowest BCUT2D eigenvalue weighted by Gasteiger charge is -2.35. The van der Waals surface area contributed by atoms with E-state index >= 15 is 0 Å². The van der Waals surface area contributed by atoms with Crippen molar-refractivity contribution < 1.29 is 4.74 Å². The molecule has 106 valence electrons. The normalized spacial score (nSPS) is 21.6. The smallest absolute Gasteiger partial charge is 0.0645 e. The number of nitrogens with zero attached hydrogens (tertiary/aromatic N) is 2. The first kappa shape index (κ1) is 13.3. The van der Waals surface area contributed by atoms with Gasteiger partial charge in [-0.05, 0) is 31.9 Å². The van der Waals surface area contributed by atoms with Gasteiger partial charge in [-0.1, -0.05) is 18.2 Å². The van der Waals surface area contributed by atoms with Crippen LogP contribution in [0.15, 0.2) is 42.7 Å². The Kier molecular flexibility index (Phi) is 4.14. The van der Waals surface area contributed by atoms with Crippen molar-refractivity contribution in [2.45, 2.75) is 38.5 Å². The van der Waals surface area contributed by atoms with Gasteiger partial charge in [0.05, 0.1) is 18.0 Å². The lowest BCUT2D eigenvalue weighted by Crippen LogP contribution is -2.45. The van der Waals surface area contributed by atoms with E-state index in [9.17, 15) is 0 Å². The summed E-state index contributed by atoms with van der Waals surface area (Å²) in [5, 5.41) is 7.96. The number of rotatable bonds is 6. The molecule has 0 atom stereocenters. The van der Waals surface area contributed by atoms with E-state index in [4.69, 9.17) is 4.74 Å². The number of hydrogen-bond donors (Lipinski definition) is 1. The number of hydrogen-bond acceptors (Lipinski definition) is 3. The van der Waals surface area contributed by atoms with E-state index in [-0.39, 0.29) is 0 Å². The topological polar surface area (TPSA) is 39.1 Å². The molecule has 3 rings (SSSR count). The van der Waals surface area contributed by atoms with Gasteiger partial charge in [-0.2, -0.15) is 5.10 Å². The van der Waals surface area contributed by atoms with Gasteiger partial charge in [-0.3, -0.25) is 0 Å². The highest BCUT2D eigenvalue weighted by atomic mass is 16.5. The fourth-order valence-corrected chi connectivity index (χ4v) is 2.54. The molecular weight excluding hydrogens is 250 g/mol. The van der Waals surface area contributed by atoms with Crippen LogP contribution in [0.4, 0.5) is 0 Å². The van der Waals surface area contributed by atoms with Crippen molar-refractivity contribution in [1.29, 1.82) is 0 Å². The summed E-state index contributed by atoms with van der Waals surface area (Å²) in [5.74, 6) is 0. The van der Waals surface area contributed by atoms with Gasteiger partial charge in [0.1, 0.15) is 0 Å². The van der Waals surface area contributed by atoms with Gasteiger partial charge in [0.15, 0.2) is 0 Å². The summed E-state index contributed by atoms with van der Waals surface area (Å²) in [6, 6.07) is 10.8. The van der Waals surface area contributed by atoms with Crippen molar-refractivity contribution in [1.82, 2.24) is 15.1 Å². The number of para-hydroxylation sites is 1. The van der Waals surface area contributed by atoms with Gasteiger partial charge < -0.3 is 10.1 Å². The molecule has 0 saturated heterocycles. The molecule has 0 amide bonds. The van der Waals surface area contributed by atoms with Crippen molar-refractivity contribution in [2.75, 3.05) is 6.61 Å². The Morgan fingerprint density at radius 1 is 1.30 bits per heavy atom. The molecule has 20 heavy (non-hydrogen) atoms. The minimum atomic E-state index is 0.463. The summed E-state index contributed by atoms with van der Waals surface area (Å²) in [6.07, 6.45) is 6.73. The SMILES string of the molecule is CCOC1CC(NCc2cnn(-c3ccccc3)c2)C1. The average molecular weight is 271 g/mol. The fourth-order valence-electron chi connectivity index (χ4n) is 2.54. The minimum absolute atomic E-state index is 0.463. The predicted molar refractivity (Wildman–Crippen MR) is 78.8 cm³/mol. The quantitative estimate of drug-likeness (QED) is 0.877. The summed E-state index contributed by atoms with van der Waals surface area (Å²) in [5.41, 5.74) is 2.31. The van der Waals surface area contributed by atoms with Crippen LogP contribution in [0.3, 0.4) is 0 Å². The molecule has 1 fully saturated rings. The number of aromatic nitrogens is 2. The van der Waals surface area contributed by atoms with Crippen LogP contribution in [-0.4, -0.2) is 28.5 Å². The van der Waals surface area contributed by atoms with Gasteiger partial charge >= 0.3 is 0 Å². The standard InChI is InChI=1S/C16H21N3O/c1-2-20-16-8-14(9-16)17-10-13-11-18-19(12-13)15-6-4-3-5-7-15/h3-7,11-12,14,16-17H,2,8-10H2,1H3. The Hall–Kier alpha value is -1.65. The first-order valence-electron chi connectivity index (χ1n) is 7.29. The van der Waals surface area contributed by atoms with Crippen LogP contribution in [0.25, 0.3) is 5.69 Å². The molecule has 0 unspecified atom stereocenters.